The second-order valence-corrected chi connectivity index (χ2v) is 4.94. The van der Waals surface area contributed by atoms with E-state index in [0.29, 0.717) is 12.8 Å². The standard InChI is InChI=1S/C12H15N3O5/c16-11(17)8-5-9(15(19)20)10(13-6-8)14-7-12(18)3-1-2-4-12/h5-6,18H,1-4,7H2,(H,13,14)(H,16,17). The van der Waals surface area contributed by atoms with Gasteiger partial charge in [0.25, 0.3) is 0 Å². The Kier molecular flexibility index (Phi) is 3.84. The van der Waals surface area contributed by atoms with Gasteiger partial charge in [-0.25, -0.2) is 9.78 Å². The number of pyridine rings is 1. The van der Waals surface area contributed by atoms with Crippen molar-refractivity contribution < 1.29 is 19.9 Å². The van der Waals surface area contributed by atoms with E-state index < -0.39 is 22.2 Å². The Bertz CT molecular complexity index is 540. The fraction of sp³-hybridized carbons (Fsp3) is 0.500. The van der Waals surface area contributed by atoms with Crippen molar-refractivity contribution in [3.8, 4) is 0 Å². The number of aromatic carboxylic acids is 1. The van der Waals surface area contributed by atoms with Gasteiger partial charge in [-0.2, -0.15) is 0 Å². The largest absolute Gasteiger partial charge is 0.478 e. The molecule has 3 N–H and O–H groups in total. The quantitative estimate of drug-likeness (QED) is 0.550. The van der Waals surface area contributed by atoms with Crippen LogP contribution in [0.5, 0.6) is 0 Å². The molecule has 0 saturated heterocycles. The van der Waals surface area contributed by atoms with E-state index >= 15 is 0 Å². The molecule has 0 unspecified atom stereocenters. The van der Waals surface area contributed by atoms with Crippen LogP contribution in [0.25, 0.3) is 0 Å². The number of carboxylic acids is 1. The van der Waals surface area contributed by atoms with Gasteiger partial charge in [0.05, 0.1) is 16.1 Å². The molecule has 0 spiro atoms. The van der Waals surface area contributed by atoms with Crippen LogP contribution < -0.4 is 5.32 Å². The Morgan fingerprint density at radius 3 is 2.70 bits per heavy atom. The summed E-state index contributed by atoms with van der Waals surface area (Å²) in [6.07, 6.45) is 4.18. The molecule has 0 aromatic carbocycles. The number of carboxylic acid groups (broad SMARTS) is 1. The van der Waals surface area contributed by atoms with Gasteiger partial charge in [0.1, 0.15) is 0 Å². The number of nitro groups is 1. The molecule has 1 saturated carbocycles. The topological polar surface area (TPSA) is 126 Å². The molecule has 1 aromatic heterocycles. The number of aliphatic hydroxyl groups is 1. The summed E-state index contributed by atoms with van der Waals surface area (Å²) in [5, 5.41) is 32.7. The number of hydrogen-bond donors (Lipinski definition) is 3. The van der Waals surface area contributed by atoms with Crippen LogP contribution in [0.2, 0.25) is 0 Å². The molecule has 0 atom stereocenters. The van der Waals surface area contributed by atoms with Crippen molar-refractivity contribution in [3.05, 3.63) is 27.9 Å². The minimum absolute atomic E-state index is 0.0275. The van der Waals surface area contributed by atoms with E-state index in [1.54, 1.807) is 0 Å². The first-order valence-corrected chi connectivity index (χ1v) is 6.25. The van der Waals surface area contributed by atoms with Gasteiger partial charge < -0.3 is 15.5 Å². The fourth-order valence-electron chi connectivity index (χ4n) is 2.30. The first kappa shape index (κ1) is 14.2. The van der Waals surface area contributed by atoms with Gasteiger partial charge in [0, 0.05) is 18.8 Å². The molecule has 0 aliphatic heterocycles. The highest BCUT2D eigenvalue weighted by Crippen LogP contribution is 2.30. The smallest absolute Gasteiger partial charge is 0.337 e. The molecule has 1 aromatic rings. The van der Waals surface area contributed by atoms with Crippen molar-refractivity contribution in [2.45, 2.75) is 31.3 Å². The molecule has 1 heterocycles. The highest BCUT2D eigenvalue weighted by Gasteiger charge is 2.31. The highest BCUT2D eigenvalue weighted by molar-refractivity contribution is 5.88. The second kappa shape index (κ2) is 5.41. The molecule has 1 aliphatic carbocycles. The van der Waals surface area contributed by atoms with Crippen molar-refractivity contribution in [1.29, 1.82) is 0 Å². The van der Waals surface area contributed by atoms with E-state index in [1.165, 1.54) is 0 Å². The van der Waals surface area contributed by atoms with E-state index in [0.717, 1.165) is 25.1 Å². The van der Waals surface area contributed by atoms with Crippen molar-refractivity contribution in [3.63, 3.8) is 0 Å². The molecule has 108 valence electrons. The van der Waals surface area contributed by atoms with Crippen molar-refractivity contribution >= 4 is 17.5 Å². The highest BCUT2D eigenvalue weighted by atomic mass is 16.6. The molecular formula is C12H15N3O5. The van der Waals surface area contributed by atoms with Crippen molar-refractivity contribution in [2.75, 3.05) is 11.9 Å². The molecule has 8 heteroatoms. The van der Waals surface area contributed by atoms with Gasteiger partial charge >= 0.3 is 11.7 Å². The van der Waals surface area contributed by atoms with Gasteiger partial charge in [-0.05, 0) is 12.8 Å². The number of carbonyl (C=O) groups is 1. The van der Waals surface area contributed by atoms with Crippen LogP contribution in [0.3, 0.4) is 0 Å². The van der Waals surface area contributed by atoms with Gasteiger partial charge in [-0.15, -0.1) is 0 Å². The van der Waals surface area contributed by atoms with E-state index in [9.17, 15) is 20.0 Å². The summed E-state index contributed by atoms with van der Waals surface area (Å²) in [6.45, 7) is 0.160. The summed E-state index contributed by atoms with van der Waals surface area (Å²) in [7, 11) is 0. The van der Waals surface area contributed by atoms with Crippen LogP contribution in [0.1, 0.15) is 36.0 Å². The average Bonchev–Trinajstić information content (AvgIpc) is 2.83. The normalized spacial score (nSPS) is 16.9. The van der Waals surface area contributed by atoms with Crippen LogP contribution in [-0.4, -0.2) is 38.2 Å². The Balaban J connectivity index is 2.18. The molecule has 2 rings (SSSR count). The van der Waals surface area contributed by atoms with Crippen LogP contribution in [0.4, 0.5) is 11.5 Å². The average molecular weight is 281 g/mol. The number of anilines is 1. The maximum atomic E-state index is 10.9. The third-order valence-corrected chi connectivity index (χ3v) is 3.43. The lowest BCUT2D eigenvalue weighted by atomic mass is 10.0. The van der Waals surface area contributed by atoms with Gasteiger partial charge in [0.2, 0.25) is 5.82 Å². The Labute approximate surface area is 114 Å². The van der Waals surface area contributed by atoms with Gasteiger partial charge in [0.15, 0.2) is 0 Å². The lowest BCUT2D eigenvalue weighted by Crippen LogP contribution is -2.33. The zero-order valence-corrected chi connectivity index (χ0v) is 10.7. The van der Waals surface area contributed by atoms with Crippen LogP contribution in [0.15, 0.2) is 12.3 Å². The van der Waals surface area contributed by atoms with Gasteiger partial charge in [-0.1, -0.05) is 12.8 Å². The fourth-order valence-corrected chi connectivity index (χ4v) is 2.30. The van der Waals surface area contributed by atoms with Gasteiger partial charge in [-0.3, -0.25) is 10.1 Å². The first-order chi connectivity index (χ1) is 9.41. The summed E-state index contributed by atoms with van der Waals surface area (Å²) >= 11 is 0. The van der Waals surface area contributed by atoms with E-state index in [-0.39, 0.29) is 17.9 Å². The molecule has 0 amide bonds. The minimum atomic E-state index is -1.28. The predicted octanol–water partition coefficient (Wildman–Crippen LogP) is 1.40. The van der Waals surface area contributed by atoms with Crippen molar-refractivity contribution in [1.82, 2.24) is 4.98 Å². The van der Waals surface area contributed by atoms with E-state index in [4.69, 9.17) is 5.11 Å². The Morgan fingerprint density at radius 2 is 2.15 bits per heavy atom. The second-order valence-electron chi connectivity index (χ2n) is 4.94. The molecule has 1 fully saturated rings. The zero-order valence-electron chi connectivity index (χ0n) is 10.7. The molecule has 8 nitrogen and oxygen atoms in total. The molecule has 20 heavy (non-hydrogen) atoms. The van der Waals surface area contributed by atoms with Crippen LogP contribution >= 0.6 is 0 Å². The number of rotatable bonds is 5. The third-order valence-electron chi connectivity index (χ3n) is 3.43. The maximum absolute atomic E-state index is 10.9. The summed E-state index contributed by atoms with van der Waals surface area (Å²) in [4.78, 5) is 24.8. The van der Waals surface area contributed by atoms with E-state index in [2.05, 4.69) is 10.3 Å². The molecule has 0 radical (unpaired) electrons. The van der Waals surface area contributed by atoms with Crippen molar-refractivity contribution in [2.24, 2.45) is 0 Å². The Morgan fingerprint density at radius 1 is 1.50 bits per heavy atom. The summed E-state index contributed by atoms with van der Waals surface area (Å²) < 4.78 is 0. The lowest BCUT2D eigenvalue weighted by Gasteiger charge is -2.22. The predicted molar refractivity (Wildman–Crippen MR) is 69.8 cm³/mol. The molecular weight excluding hydrogens is 266 g/mol. The minimum Gasteiger partial charge on any atom is -0.478 e. The third kappa shape index (κ3) is 3.02. The van der Waals surface area contributed by atoms with Crippen LogP contribution in [0, 0.1) is 10.1 Å². The number of hydrogen-bond acceptors (Lipinski definition) is 6. The Hall–Kier alpha value is -2.22. The van der Waals surface area contributed by atoms with Crippen LogP contribution in [-0.2, 0) is 0 Å². The zero-order chi connectivity index (χ0) is 14.8. The number of nitrogens with zero attached hydrogens (tertiary/aromatic N) is 2. The monoisotopic (exact) mass is 281 g/mol. The maximum Gasteiger partial charge on any atom is 0.337 e. The van der Waals surface area contributed by atoms with E-state index in [1.807, 2.05) is 0 Å². The number of aromatic nitrogens is 1. The first-order valence-electron chi connectivity index (χ1n) is 6.25. The summed E-state index contributed by atoms with van der Waals surface area (Å²) in [6, 6.07) is 0.955. The summed E-state index contributed by atoms with van der Waals surface area (Å²) in [5.74, 6) is -1.30. The molecule has 0 bridgehead atoms. The number of nitrogens with one attached hydrogen (secondary N) is 1. The molecule has 1 aliphatic rings. The lowest BCUT2D eigenvalue weighted by molar-refractivity contribution is -0.384. The SMILES string of the molecule is O=C(O)c1cnc(NCC2(O)CCCC2)c([N+](=O)[O-])c1. The summed E-state index contributed by atoms with van der Waals surface area (Å²) in [5.41, 5.74) is -1.53.